The van der Waals surface area contributed by atoms with E-state index in [9.17, 15) is 18.8 Å². The van der Waals surface area contributed by atoms with E-state index in [4.69, 9.17) is 23.7 Å². The molecule has 0 amide bonds. The zero-order chi connectivity index (χ0) is 28.4. The fourth-order valence-corrected chi connectivity index (χ4v) is 3.68. The standard InChI is InChI=1S/C29H30FNO8/c1-18(15-24(33)26-28(37-17-36-20(3)32)25(35-4)13-14-31-26)29(34)38-19(2)27(21-9-6-5-7-10-21)39-23-12-8-11-22(30)16-23/h5-14,16,18-19,27H,15,17H2,1-4H3/t18-,19+,27+/m1/s1. The van der Waals surface area contributed by atoms with Gasteiger partial charge in [0.2, 0.25) is 6.79 Å². The summed E-state index contributed by atoms with van der Waals surface area (Å²) in [6.07, 6.45) is -0.389. The molecule has 3 aromatic rings. The quantitative estimate of drug-likeness (QED) is 0.167. The van der Waals surface area contributed by atoms with Gasteiger partial charge in [-0.1, -0.05) is 43.3 Å². The van der Waals surface area contributed by atoms with Crippen LogP contribution >= 0.6 is 0 Å². The first kappa shape index (κ1) is 29.1. The molecule has 10 heteroatoms. The number of Topliss-reactive ketones (excluding diaryl/α,β-unsaturated/α-hetero) is 1. The molecule has 0 bridgehead atoms. The van der Waals surface area contributed by atoms with E-state index >= 15 is 0 Å². The van der Waals surface area contributed by atoms with Crippen molar-refractivity contribution in [1.82, 2.24) is 4.98 Å². The summed E-state index contributed by atoms with van der Waals surface area (Å²) in [6.45, 7) is 3.99. The number of nitrogens with zero attached hydrogens (tertiary/aromatic N) is 1. The number of pyridine rings is 1. The van der Waals surface area contributed by atoms with Crippen molar-refractivity contribution in [3.05, 3.63) is 83.9 Å². The number of halogens is 1. The Kier molecular flexibility index (Phi) is 10.4. The summed E-state index contributed by atoms with van der Waals surface area (Å²) in [5.74, 6) is -2.52. The van der Waals surface area contributed by atoms with Crippen LogP contribution < -0.4 is 14.2 Å². The van der Waals surface area contributed by atoms with Gasteiger partial charge in [0.1, 0.15) is 17.7 Å². The van der Waals surface area contributed by atoms with Crippen LogP contribution in [-0.2, 0) is 19.1 Å². The molecule has 0 fully saturated rings. The topological polar surface area (TPSA) is 110 Å². The molecule has 0 saturated heterocycles. The third-order valence-corrected chi connectivity index (χ3v) is 5.63. The van der Waals surface area contributed by atoms with Crippen molar-refractivity contribution in [1.29, 1.82) is 0 Å². The Hall–Kier alpha value is -4.47. The van der Waals surface area contributed by atoms with Crippen molar-refractivity contribution in [2.75, 3.05) is 13.9 Å². The third kappa shape index (κ3) is 8.26. The Morgan fingerprint density at radius 3 is 2.41 bits per heavy atom. The van der Waals surface area contributed by atoms with Crippen LogP contribution in [0.4, 0.5) is 4.39 Å². The maximum atomic E-state index is 13.7. The Morgan fingerprint density at radius 2 is 1.74 bits per heavy atom. The minimum absolute atomic E-state index is 0.00665. The number of carbonyl (C=O) groups excluding carboxylic acids is 3. The lowest BCUT2D eigenvalue weighted by Crippen LogP contribution is -2.30. The number of hydrogen-bond donors (Lipinski definition) is 0. The predicted octanol–water partition coefficient (Wildman–Crippen LogP) is 5.09. The van der Waals surface area contributed by atoms with Gasteiger partial charge in [0, 0.05) is 31.7 Å². The molecule has 0 radical (unpaired) electrons. The summed E-state index contributed by atoms with van der Waals surface area (Å²) in [5.41, 5.74) is 0.645. The van der Waals surface area contributed by atoms with E-state index in [1.165, 1.54) is 44.5 Å². The number of benzene rings is 2. The molecule has 0 aliphatic carbocycles. The lowest BCUT2D eigenvalue weighted by molar-refractivity contribution is -0.157. The molecule has 0 aliphatic rings. The molecular formula is C29H30FNO8. The molecule has 0 N–H and O–H groups in total. The van der Waals surface area contributed by atoms with Crippen LogP contribution in [0.1, 0.15) is 49.3 Å². The van der Waals surface area contributed by atoms with Gasteiger partial charge in [-0.3, -0.25) is 14.4 Å². The zero-order valence-corrected chi connectivity index (χ0v) is 22.1. The maximum Gasteiger partial charge on any atom is 0.309 e. The molecule has 0 unspecified atom stereocenters. The first-order chi connectivity index (χ1) is 18.7. The van der Waals surface area contributed by atoms with Gasteiger partial charge < -0.3 is 23.7 Å². The van der Waals surface area contributed by atoms with E-state index < -0.39 is 48.5 Å². The Labute approximate surface area is 225 Å². The highest BCUT2D eigenvalue weighted by Crippen LogP contribution is 2.32. The fraction of sp³-hybridized carbons (Fsp3) is 0.310. The predicted molar refractivity (Wildman–Crippen MR) is 138 cm³/mol. The van der Waals surface area contributed by atoms with E-state index in [-0.39, 0.29) is 29.4 Å². The molecule has 39 heavy (non-hydrogen) atoms. The van der Waals surface area contributed by atoms with Gasteiger partial charge in [-0.15, -0.1) is 0 Å². The van der Waals surface area contributed by atoms with E-state index in [0.717, 1.165) is 5.56 Å². The minimum atomic E-state index is -0.847. The summed E-state index contributed by atoms with van der Waals surface area (Å²) in [7, 11) is 1.39. The van der Waals surface area contributed by atoms with E-state index in [0.29, 0.717) is 0 Å². The average molecular weight is 540 g/mol. The fourth-order valence-electron chi connectivity index (χ4n) is 3.68. The number of rotatable bonds is 13. The second-order valence-corrected chi connectivity index (χ2v) is 8.67. The first-order valence-electron chi connectivity index (χ1n) is 12.2. The van der Waals surface area contributed by atoms with Crippen LogP contribution in [-0.4, -0.2) is 42.7 Å². The van der Waals surface area contributed by atoms with Crippen LogP contribution in [0.3, 0.4) is 0 Å². The van der Waals surface area contributed by atoms with Crippen molar-refractivity contribution < 1.29 is 42.5 Å². The van der Waals surface area contributed by atoms with Gasteiger partial charge in [-0.25, -0.2) is 9.37 Å². The maximum absolute atomic E-state index is 13.7. The number of ether oxygens (including phenoxy) is 5. The Balaban J connectivity index is 1.71. The number of ketones is 1. The molecule has 1 heterocycles. The summed E-state index contributed by atoms with van der Waals surface area (Å²) in [6, 6.07) is 16.3. The second-order valence-electron chi connectivity index (χ2n) is 8.67. The lowest BCUT2D eigenvalue weighted by Gasteiger charge is -2.26. The summed E-state index contributed by atoms with van der Waals surface area (Å²) in [4.78, 5) is 41.2. The van der Waals surface area contributed by atoms with Crippen LogP contribution in [0.15, 0.2) is 66.9 Å². The highest BCUT2D eigenvalue weighted by atomic mass is 19.1. The zero-order valence-electron chi connectivity index (χ0n) is 22.1. The normalized spacial score (nSPS) is 12.9. The van der Waals surface area contributed by atoms with Crippen LogP contribution in [0.5, 0.6) is 17.2 Å². The van der Waals surface area contributed by atoms with Gasteiger partial charge in [0.25, 0.3) is 0 Å². The third-order valence-electron chi connectivity index (χ3n) is 5.63. The smallest absolute Gasteiger partial charge is 0.309 e. The number of esters is 2. The van der Waals surface area contributed by atoms with Crippen LogP contribution in [0.2, 0.25) is 0 Å². The monoisotopic (exact) mass is 539 g/mol. The van der Waals surface area contributed by atoms with E-state index in [1.54, 1.807) is 19.9 Å². The molecular weight excluding hydrogens is 509 g/mol. The van der Waals surface area contributed by atoms with E-state index in [2.05, 4.69) is 4.98 Å². The van der Waals surface area contributed by atoms with Crippen LogP contribution in [0.25, 0.3) is 0 Å². The number of carbonyl (C=O) groups is 3. The molecule has 9 nitrogen and oxygen atoms in total. The van der Waals surface area contributed by atoms with Gasteiger partial charge in [0.05, 0.1) is 13.0 Å². The molecule has 3 atom stereocenters. The number of aromatic nitrogens is 1. The van der Waals surface area contributed by atoms with Crippen molar-refractivity contribution in [2.24, 2.45) is 5.92 Å². The highest BCUT2D eigenvalue weighted by molar-refractivity contribution is 5.99. The highest BCUT2D eigenvalue weighted by Gasteiger charge is 2.29. The van der Waals surface area contributed by atoms with Gasteiger partial charge in [-0.05, 0) is 24.6 Å². The SMILES string of the molecule is COc1ccnc(C(=O)C[C@@H](C)C(=O)O[C@@H](C)[C@H](Oc2cccc(F)c2)c2ccccc2)c1OCOC(C)=O. The summed E-state index contributed by atoms with van der Waals surface area (Å²) in [5, 5.41) is 0. The van der Waals surface area contributed by atoms with E-state index in [1.807, 2.05) is 30.3 Å². The number of hydrogen-bond acceptors (Lipinski definition) is 9. The molecule has 2 aromatic carbocycles. The summed E-state index contributed by atoms with van der Waals surface area (Å²) < 4.78 is 40.9. The lowest BCUT2D eigenvalue weighted by atomic mass is 10.0. The minimum Gasteiger partial charge on any atom is -0.493 e. The summed E-state index contributed by atoms with van der Waals surface area (Å²) >= 11 is 0. The van der Waals surface area contributed by atoms with Crippen LogP contribution in [0, 0.1) is 11.7 Å². The molecule has 0 spiro atoms. The largest absolute Gasteiger partial charge is 0.493 e. The van der Waals surface area contributed by atoms with Gasteiger partial charge >= 0.3 is 11.9 Å². The number of methoxy groups -OCH3 is 1. The van der Waals surface area contributed by atoms with Crippen molar-refractivity contribution in [3.63, 3.8) is 0 Å². The first-order valence-corrected chi connectivity index (χ1v) is 12.2. The Morgan fingerprint density at radius 1 is 1.00 bits per heavy atom. The van der Waals surface area contributed by atoms with Gasteiger partial charge in [-0.2, -0.15) is 0 Å². The van der Waals surface area contributed by atoms with Crippen molar-refractivity contribution in [3.8, 4) is 17.2 Å². The molecule has 0 saturated carbocycles. The van der Waals surface area contributed by atoms with Gasteiger partial charge in [0.15, 0.2) is 29.1 Å². The Bertz CT molecular complexity index is 1280. The average Bonchev–Trinajstić information content (AvgIpc) is 2.91. The molecule has 0 aliphatic heterocycles. The molecule has 3 rings (SSSR count). The molecule has 206 valence electrons. The van der Waals surface area contributed by atoms with Crippen molar-refractivity contribution in [2.45, 2.75) is 39.4 Å². The van der Waals surface area contributed by atoms with Crippen molar-refractivity contribution >= 4 is 17.7 Å². The molecule has 1 aromatic heterocycles. The second kappa shape index (κ2) is 13.9.